The molecule has 0 aliphatic heterocycles. The maximum atomic E-state index is 13.1. The molecule has 0 aliphatic carbocycles. The Balaban J connectivity index is 2.26. The van der Waals surface area contributed by atoms with E-state index in [0.717, 1.165) is 5.56 Å². The van der Waals surface area contributed by atoms with Crippen LogP contribution in [0.3, 0.4) is 0 Å². The maximum absolute atomic E-state index is 13.1. The summed E-state index contributed by atoms with van der Waals surface area (Å²) < 4.78 is 13.1. The second-order valence-electron chi connectivity index (χ2n) is 4.03. The van der Waals surface area contributed by atoms with E-state index in [4.69, 9.17) is 11.6 Å². The lowest BCUT2D eigenvalue weighted by atomic mass is 9.93. The first-order chi connectivity index (χ1) is 8.70. The smallest absolute Gasteiger partial charge is 0.123 e. The molecule has 18 heavy (non-hydrogen) atoms. The van der Waals surface area contributed by atoms with Gasteiger partial charge in [-0.3, -0.25) is 0 Å². The molecule has 0 amide bonds. The van der Waals surface area contributed by atoms with Gasteiger partial charge in [0.2, 0.25) is 0 Å². The van der Waals surface area contributed by atoms with Gasteiger partial charge in [-0.1, -0.05) is 41.9 Å². The molecule has 2 aromatic carbocycles. The van der Waals surface area contributed by atoms with E-state index in [0.29, 0.717) is 17.0 Å². The zero-order valence-corrected chi connectivity index (χ0v) is 10.4. The Morgan fingerprint density at radius 3 is 2.61 bits per heavy atom. The molecule has 0 bridgehead atoms. The van der Waals surface area contributed by atoms with Gasteiger partial charge in [0.05, 0.1) is 12.0 Å². The van der Waals surface area contributed by atoms with E-state index < -0.39 is 0 Å². The van der Waals surface area contributed by atoms with E-state index >= 15 is 0 Å². The van der Waals surface area contributed by atoms with Crippen molar-refractivity contribution in [3.05, 3.63) is 70.5 Å². The van der Waals surface area contributed by atoms with Crippen LogP contribution in [0.4, 0.5) is 4.39 Å². The average Bonchev–Trinajstić information content (AvgIpc) is 2.38. The quantitative estimate of drug-likeness (QED) is 0.805. The number of halogens is 2. The average molecular weight is 260 g/mol. The van der Waals surface area contributed by atoms with E-state index in [-0.39, 0.29) is 11.7 Å². The third kappa shape index (κ3) is 2.88. The summed E-state index contributed by atoms with van der Waals surface area (Å²) in [6.45, 7) is 0. The fourth-order valence-corrected chi connectivity index (χ4v) is 2.06. The molecule has 1 unspecified atom stereocenters. The van der Waals surface area contributed by atoms with Crippen LogP contribution in [-0.2, 0) is 6.42 Å². The molecule has 0 aliphatic rings. The van der Waals surface area contributed by atoms with Gasteiger partial charge < -0.3 is 0 Å². The Morgan fingerprint density at radius 1 is 1.17 bits per heavy atom. The standard InChI is InChI=1S/C15H11ClFN/c16-15-7-2-1-4-12(15)8-13(10-18)11-5-3-6-14(17)9-11/h1-7,9,13H,8H2. The zero-order valence-electron chi connectivity index (χ0n) is 9.61. The van der Waals surface area contributed by atoms with Gasteiger partial charge in [-0.05, 0) is 35.7 Å². The van der Waals surface area contributed by atoms with Gasteiger partial charge in [0.15, 0.2) is 0 Å². The van der Waals surface area contributed by atoms with Crippen molar-refractivity contribution in [2.75, 3.05) is 0 Å². The van der Waals surface area contributed by atoms with E-state index in [1.165, 1.54) is 12.1 Å². The van der Waals surface area contributed by atoms with Crippen LogP contribution in [0.5, 0.6) is 0 Å². The largest absolute Gasteiger partial charge is 0.207 e. The van der Waals surface area contributed by atoms with Gasteiger partial charge in [0.1, 0.15) is 5.82 Å². The van der Waals surface area contributed by atoms with Gasteiger partial charge in [0.25, 0.3) is 0 Å². The van der Waals surface area contributed by atoms with Gasteiger partial charge in [-0.25, -0.2) is 4.39 Å². The first kappa shape index (κ1) is 12.6. The van der Waals surface area contributed by atoms with Crippen molar-refractivity contribution in [2.45, 2.75) is 12.3 Å². The zero-order chi connectivity index (χ0) is 13.0. The molecule has 0 saturated heterocycles. The number of nitriles is 1. The summed E-state index contributed by atoms with van der Waals surface area (Å²) in [6.07, 6.45) is 0.486. The minimum Gasteiger partial charge on any atom is -0.207 e. The number of hydrogen-bond donors (Lipinski definition) is 0. The lowest BCUT2D eigenvalue weighted by molar-refractivity contribution is 0.623. The van der Waals surface area contributed by atoms with E-state index in [9.17, 15) is 9.65 Å². The van der Waals surface area contributed by atoms with Crippen molar-refractivity contribution in [3.8, 4) is 6.07 Å². The number of benzene rings is 2. The van der Waals surface area contributed by atoms with Gasteiger partial charge in [-0.15, -0.1) is 0 Å². The lowest BCUT2D eigenvalue weighted by Gasteiger charge is -2.10. The Labute approximate surface area is 110 Å². The highest BCUT2D eigenvalue weighted by molar-refractivity contribution is 6.31. The molecule has 90 valence electrons. The molecule has 0 spiro atoms. The van der Waals surface area contributed by atoms with Crippen molar-refractivity contribution in [1.82, 2.24) is 0 Å². The van der Waals surface area contributed by atoms with E-state index in [2.05, 4.69) is 6.07 Å². The van der Waals surface area contributed by atoms with Crippen LogP contribution in [0.15, 0.2) is 48.5 Å². The fourth-order valence-electron chi connectivity index (χ4n) is 1.85. The Kier molecular flexibility index (Phi) is 3.96. The predicted molar refractivity (Wildman–Crippen MR) is 69.9 cm³/mol. The maximum Gasteiger partial charge on any atom is 0.123 e. The van der Waals surface area contributed by atoms with Crippen LogP contribution >= 0.6 is 11.6 Å². The summed E-state index contributed by atoms with van der Waals surface area (Å²) in [5.41, 5.74) is 1.58. The summed E-state index contributed by atoms with van der Waals surface area (Å²) in [7, 11) is 0. The highest BCUT2D eigenvalue weighted by Crippen LogP contribution is 2.25. The summed E-state index contributed by atoms with van der Waals surface area (Å²) in [4.78, 5) is 0. The van der Waals surface area contributed by atoms with Crippen molar-refractivity contribution >= 4 is 11.6 Å². The van der Waals surface area contributed by atoms with Crippen molar-refractivity contribution < 1.29 is 4.39 Å². The second-order valence-corrected chi connectivity index (χ2v) is 4.44. The Bertz CT molecular complexity index is 589. The molecule has 0 heterocycles. The van der Waals surface area contributed by atoms with Crippen LogP contribution in [0.1, 0.15) is 17.0 Å². The van der Waals surface area contributed by atoms with Crippen LogP contribution in [-0.4, -0.2) is 0 Å². The lowest BCUT2D eigenvalue weighted by Crippen LogP contribution is -2.01. The van der Waals surface area contributed by atoms with Crippen LogP contribution in [0.25, 0.3) is 0 Å². The molecule has 1 atom stereocenters. The molecule has 2 aromatic rings. The summed E-state index contributed by atoms with van der Waals surface area (Å²) in [5, 5.41) is 9.84. The molecule has 1 nitrogen and oxygen atoms in total. The molecule has 0 radical (unpaired) electrons. The monoisotopic (exact) mass is 259 g/mol. The molecular weight excluding hydrogens is 249 g/mol. The minimum absolute atomic E-state index is 0.327. The molecule has 0 aromatic heterocycles. The van der Waals surface area contributed by atoms with E-state index in [1.54, 1.807) is 18.2 Å². The highest BCUT2D eigenvalue weighted by atomic mass is 35.5. The molecule has 0 fully saturated rings. The Hall–Kier alpha value is -1.85. The topological polar surface area (TPSA) is 23.8 Å². The SMILES string of the molecule is N#CC(Cc1ccccc1Cl)c1cccc(F)c1. The van der Waals surface area contributed by atoms with Crippen LogP contribution in [0.2, 0.25) is 5.02 Å². The molecule has 2 rings (SSSR count). The molecule has 3 heteroatoms. The van der Waals surface area contributed by atoms with E-state index in [1.807, 2.05) is 18.2 Å². The minimum atomic E-state index is -0.388. The van der Waals surface area contributed by atoms with Crippen molar-refractivity contribution in [2.24, 2.45) is 0 Å². The van der Waals surface area contributed by atoms with Gasteiger partial charge in [0, 0.05) is 5.02 Å². The molecular formula is C15H11ClFN. The summed E-state index contributed by atoms with van der Waals surface area (Å²) in [5.74, 6) is -0.715. The van der Waals surface area contributed by atoms with Gasteiger partial charge in [-0.2, -0.15) is 5.26 Å². The van der Waals surface area contributed by atoms with Crippen LogP contribution in [0, 0.1) is 17.1 Å². The molecule has 0 saturated carbocycles. The predicted octanol–water partition coefficient (Wildman–Crippen LogP) is 4.33. The number of nitrogens with zero attached hydrogens (tertiary/aromatic N) is 1. The first-order valence-corrected chi connectivity index (χ1v) is 5.97. The third-order valence-electron chi connectivity index (χ3n) is 2.79. The van der Waals surface area contributed by atoms with Crippen molar-refractivity contribution in [3.63, 3.8) is 0 Å². The van der Waals surface area contributed by atoms with Crippen LogP contribution < -0.4 is 0 Å². The van der Waals surface area contributed by atoms with Crippen molar-refractivity contribution in [1.29, 1.82) is 5.26 Å². The number of rotatable bonds is 3. The fraction of sp³-hybridized carbons (Fsp3) is 0.133. The second kappa shape index (κ2) is 5.66. The third-order valence-corrected chi connectivity index (χ3v) is 3.16. The normalized spacial score (nSPS) is 11.8. The Morgan fingerprint density at radius 2 is 1.94 bits per heavy atom. The first-order valence-electron chi connectivity index (χ1n) is 5.59. The summed E-state index contributed by atoms with van der Waals surface area (Å²) >= 11 is 6.06. The molecule has 0 N–H and O–H groups in total. The number of hydrogen-bond acceptors (Lipinski definition) is 1. The van der Waals surface area contributed by atoms with Gasteiger partial charge >= 0.3 is 0 Å². The summed E-state index contributed by atoms with van der Waals surface area (Å²) in [6, 6.07) is 15.7. The highest BCUT2D eigenvalue weighted by Gasteiger charge is 2.13.